The number of piperidine rings is 1. The highest BCUT2D eigenvalue weighted by Gasteiger charge is 2.28. The van der Waals surface area contributed by atoms with Crippen molar-refractivity contribution in [3.8, 4) is 0 Å². The molecule has 1 aliphatic heterocycles. The molecule has 2 heterocycles. The van der Waals surface area contributed by atoms with Crippen molar-refractivity contribution < 1.29 is 4.79 Å². The number of carbonyl (C=O) groups excluding carboxylic acids is 1. The zero-order chi connectivity index (χ0) is 14.8. The lowest BCUT2D eigenvalue weighted by molar-refractivity contribution is -0.128. The first-order valence-corrected chi connectivity index (χ1v) is 8.67. The lowest BCUT2D eigenvalue weighted by Crippen LogP contribution is -2.47. The van der Waals surface area contributed by atoms with Gasteiger partial charge in [0.1, 0.15) is 5.82 Å². The molecule has 1 amide bonds. The van der Waals surface area contributed by atoms with Crippen LogP contribution >= 0.6 is 27.5 Å². The van der Waals surface area contributed by atoms with Crippen LogP contribution in [-0.2, 0) is 4.79 Å². The van der Waals surface area contributed by atoms with Crippen molar-refractivity contribution >= 4 is 39.3 Å². The Kier molecular flexibility index (Phi) is 4.69. The third-order valence-corrected chi connectivity index (χ3v) is 5.20. The van der Waals surface area contributed by atoms with Crippen molar-refractivity contribution in [2.45, 2.75) is 38.1 Å². The monoisotopic (exact) mass is 371 g/mol. The second-order valence-electron chi connectivity index (χ2n) is 5.86. The molecule has 3 rings (SSSR count). The van der Waals surface area contributed by atoms with Gasteiger partial charge in [-0.05, 0) is 47.7 Å². The van der Waals surface area contributed by atoms with Gasteiger partial charge in [0.05, 0.1) is 9.50 Å². The summed E-state index contributed by atoms with van der Waals surface area (Å²) in [5.74, 6) is 1.46. The number of aromatic nitrogens is 1. The topological polar surface area (TPSA) is 45.2 Å². The van der Waals surface area contributed by atoms with Crippen molar-refractivity contribution in [1.82, 2.24) is 10.3 Å². The summed E-state index contributed by atoms with van der Waals surface area (Å²) in [4.78, 5) is 18.6. The molecule has 0 radical (unpaired) electrons. The Morgan fingerprint density at radius 2 is 2.05 bits per heavy atom. The number of nitrogens with zero attached hydrogens (tertiary/aromatic N) is 2. The van der Waals surface area contributed by atoms with Crippen LogP contribution in [0.2, 0.25) is 5.02 Å². The summed E-state index contributed by atoms with van der Waals surface area (Å²) in [6.07, 6.45) is 6.93. The van der Waals surface area contributed by atoms with E-state index >= 15 is 0 Å². The highest BCUT2D eigenvalue weighted by Crippen LogP contribution is 2.29. The predicted octanol–water partition coefficient (Wildman–Crippen LogP) is 3.38. The molecule has 1 N–H and O–H groups in total. The van der Waals surface area contributed by atoms with Crippen LogP contribution in [0.5, 0.6) is 0 Å². The molecule has 0 aromatic carbocycles. The number of hydrogen-bond donors (Lipinski definition) is 1. The van der Waals surface area contributed by atoms with Gasteiger partial charge >= 0.3 is 0 Å². The van der Waals surface area contributed by atoms with E-state index in [1.807, 2.05) is 6.07 Å². The molecular weight excluding hydrogens is 354 g/mol. The molecule has 1 aromatic heterocycles. The van der Waals surface area contributed by atoms with Crippen LogP contribution in [-0.4, -0.2) is 30.0 Å². The molecule has 21 heavy (non-hydrogen) atoms. The number of carbonyl (C=O) groups is 1. The summed E-state index contributed by atoms with van der Waals surface area (Å²) < 4.78 is 0.923. The maximum atomic E-state index is 12.0. The SMILES string of the molecule is O=C(NC1CCN(c2ncc(Cl)cc2Br)CC1)C1CCC1. The molecule has 1 aromatic rings. The van der Waals surface area contributed by atoms with E-state index in [2.05, 4.69) is 31.1 Å². The van der Waals surface area contributed by atoms with E-state index in [1.54, 1.807) is 6.20 Å². The smallest absolute Gasteiger partial charge is 0.223 e. The van der Waals surface area contributed by atoms with Crippen LogP contribution in [0.25, 0.3) is 0 Å². The summed E-state index contributed by atoms with van der Waals surface area (Å²) in [5, 5.41) is 3.83. The minimum absolute atomic E-state index is 0.255. The zero-order valence-corrected chi connectivity index (χ0v) is 14.2. The number of hydrogen-bond acceptors (Lipinski definition) is 3. The maximum Gasteiger partial charge on any atom is 0.223 e. The Morgan fingerprint density at radius 3 is 2.62 bits per heavy atom. The van der Waals surface area contributed by atoms with E-state index in [0.717, 1.165) is 49.1 Å². The fourth-order valence-corrected chi connectivity index (χ4v) is 3.75. The number of rotatable bonds is 3. The highest BCUT2D eigenvalue weighted by molar-refractivity contribution is 9.10. The second kappa shape index (κ2) is 6.53. The van der Waals surface area contributed by atoms with Crippen LogP contribution in [0, 0.1) is 5.92 Å². The molecule has 0 spiro atoms. The first-order valence-electron chi connectivity index (χ1n) is 7.50. The molecule has 0 atom stereocenters. The largest absolute Gasteiger partial charge is 0.356 e. The van der Waals surface area contributed by atoms with E-state index in [9.17, 15) is 4.79 Å². The van der Waals surface area contributed by atoms with Crippen LogP contribution in [0.1, 0.15) is 32.1 Å². The highest BCUT2D eigenvalue weighted by atomic mass is 79.9. The van der Waals surface area contributed by atoms with Crippen LogP contribution < -0.4 is 10.2 Å². The van der Waals surface area contributed by atoms with Crippen molar-refractivity contribution in [2.75, 3.05) is 18.0 Å². The molecule has 1 saturated heterocycles. The van der Waals surface area contributed by atoms with Gasteiger partial charge in [-0.2, -0.15) is 0 Å². The second-order valence-corrected chi connectivity index (χ2v) is 7.15. The summed E-state index contributed by atoms with van der Waals surface area (Å²) >= 11 is 9.44. The standard InChI is InChI=1S/C15H19BrClN3O/c16-13-8-11(17)9-18-14(13)20-6-4-12(5-7-20)19-15(21)10-2-1-3-10/h8-10,12H,1-7H2,(H,19,21). The maximum absolute atomic E-state index is 12.0. The molecule has 2 aliphatic rings. The first-order chi connectivity index (χ1) is 10.1. The number of amides is 1. The van der Waals surface area contributed by atoms with Gasteiger partial charge in [0, 0.05) is 31.2 Å². The quantitative estimate of drug-likeness (QED) is 0.884. The lowest BCUT2D eigenvalue weighted by Gasteiger charge is -2.35. The average Bonchev–Trinajstić information content (AvgIpc) is 2.38. The van der Waals surface area contributed by atoms with Gasteiger partial charge in [-0.3, -0.25) is 4.79 Å². The predicted molar refractivity (Wildman–Crippen MR) is 87.7 cm³/mol. The van der Waals surface area contributed by atoms with Crippen molar-refractivity contribution in [3.63, 3.8) is 0 Å². The Bertz CT molecular complexity index is 528. The fraction of sp³-hybridized carbons (Fsp3) is 0.600. The van der Waals surface area contributed by atoms with Gasteiger partial charge in [-0.25, -0.2) is 4.98 Å². The van der Waals surface area contributed by atoms with E-state index in [1.165, 1.54) is 6.42 Å². The molecule has 0 unspecified atom stereocenters. The van der Waals surface area contributed by atoms with E-state index in [4.69, 9.17) is 11.6 Å². The Labute approximate surface area is 138 Å². The average molecular weight is 373 g/mol. The minimum Gasteiger partial charge on any atom is -0.356 e. The van der Waals surface area contributed by atoms with Crippen molar-refractivity contribution in [2.24, 2.45) is 5.92 Å². The first kappa shape index (κ1) is 15.1. The molecular formula is C15H19BrClN3O. The molecule has 1 aliphatic carbocycles. The van der Waals surface area contributed by atoms with Gasteiger partial charge in [0.25, 0.3) is 0 Å². The van der Waals surface area contributed by atoms with Crippen molar-refractivity contribution in [3.05, 3.63) is 21.8 Å². The zero-order valence-electron chi connectivity index (χ0n) is 11.8. The van der Waals surface area contributed by atoms with E-state index in [0.29, 0.717) is 11.1 Å². The third-order valence-electron chi connectivity index (χ3n) is 4.41. The fourth-order valence-electron chi connectivity index (χ4n) is 2.87. The number of pyridine rings is 1. The van der Waals surface area contributed by atoms with Crippen LogP contribution in [0.3, 0.4) is 0 Å². The van der Waals surface area contributed by atoms with Gasteiger partial charge in [0.2, 0.25) is 5.91 Å². The van der Waals surface area contributed by atoms with Gasteiger partial charge in [-0.1, -0.05) is 18.0 Å². The summed E-state index contributed by atoms with van der Waals surface area (Å²) in [7, 11) is 0. The Hall–Kier alpha value is -0.810. The van der Waals surface area contributed by atoms with Gasteiger partial charge in [0.15, 0.2) is 0 Å². The van der Waals surface area contributed by atoms with E-state index < -0.39 is 0 Å². The van der Waals surface area contributed by atoms with Crippen molar-refractivity contribution in [1.29, 1.82) is 0 Å². The number of halogens is 2. The van der Waals surface area contributed by atoms with Gasteiger partial charge in [-0.15, -0.1) is 0 Å². The molecule has 114 valence electrons. The van der Waals surface area contributed by atoms with E-state index in [-0.39, 0.29) is 11.8 Å². The lowest BCUT2D eigenvalue weighted by atomic mass is 9.84. The molecule has 1 saturated carbocycles. The summed E-state index contributed by atoms with van der Waals surface area (Å²) in [6.45, 7) is 1.81. The summed E-state index contributed by atoms with van der Waals surface area (Å²) in [6, 6.07) is 2.18. The van der Waals surface area contributed by atoms with Gasteiger partial charge < -0.3 is 10.2 Å². The Balaban J connectivity index is 1.53. The molecule has 0 bridgehead atoms. The third kappa shape index (κ3) is 3.51. The molecule has 6 heteroatoms. The molecule has 4 nitrogen and oxygen atoms in total. The minimum atomic E-state index is 0.255. The number of anilines is 1. The number of nitrogens with one attached hydrogen (secondary N) is 1. The normalized spacial score (nSPS) is 20.2. The van der Waals surface area contributed by atoms with Crippen LogP contribution in [0.4, 0.5) is 5.82 Å². The molecule has 2 fully saturated rings. The summed E-state index contributed by atoms with van der Waals surface area (Å²) in [5.41, 5.74) is 0. The van der Waals surface area contributed by atoms with Crippen LogP contribution in [0.15, 0.2) is 16.7 Å². The Morgan fingerprint density at radius 1 is 1.33 bits per heavy atom.